The zero-order chi connectivity index (χ0) is 14.5. The average molecular weight is 275 g/mol. The first-order valence-electron chi connectivity index (χ1n) is 7.08. The Morgan fingerprint density at radius 3 is 2.25 bits per heavy atom. The van der Waals surface area contributed by atoms with Gasteiger partial charge < -0.3 is 14.0 Å². The Hall–Kier alpha value is -1.97. The summed E-state index contributed by atoms with van der Waals surface area (Å²) in [6, 6.07) is 7.73. The molecular weight excluding hydrogens is 254 g/mol. The number of ether oxygens (including phenoxy) is 2. The van der Waals surface area contributed by atoms with Gasteiger partial charge in [-0.05, 0) is 25.0 Å². The molecule has 0 N–H and O–H groups in total. The number of fused-ring (bicyclic) bond motifs is 1. The molecule has 0 aliphatic rings. The van der Waals surface area contributed by atoms with Crippen LogP contribution in [-0.2, 0) is 7.05 Å². The summed E-state index contributed by atoms with van der Waals surface area (Å²) in [5, 5.41) is 0.911. The molecule has 1 aromatic carbocycles. The predicted molar refractivity (Wildman–Crippen MR) is 80.8 cm³/mol. The number of hydrogen-bond acceptors (Lipinski definition) is 3. The van der Waals surface area contributed by atoms with Gasteiger partial charge in [0, 0.05) is 12.4 Å². The fraction of sp³-hybridized carbons (Fsp3) is 0.438. The topological polar surface area (TPSA) is 40.5 Å². The van der Waals surface area contributed by atoms with Crippen molar-refractivity contribution in [1.82, 2.24) is 4.57 Å². The molecule has 1 aromatic heterocycles. The second-order valence-electron chi connectivity index (χ2n) is 4.74. The molecule has 0 saturated heterocycles. The van der Waals surface area contributed by atoms with E-state index in [0.717, 1.165) is 23.7 Å². The molecular formula is C16H21NO3. The van der Waals surface area contributed by atoms with Gasteiger partial charge in [0.2, 0.25) is 5.75 Å². The van der Waals surface area contributed by atoms with Crippen molar-refractivity contribution in [2.45, 2.75) is 26.7 Å². The van der Waals surface area contributed by atoms with Gasteiger partial charge in [0.15, 0.2) is 5.75 Å². The Morgan fingerprint density at radius 2 is 1.60 bits per heavy atom. The maximum Gasteiger partial charge on any atom is 0.297 e. The van der Waals surface area contributed by atoms with Crippen LogP contribution in [0.15, 0.2) is 29.1 Å². The highest BCUT2D eigenvalue weighted by atomic mass is 16.5. The van der Waals surface area contributed by atoms with Crippen LogP contribution in [0.1, 0.15) is 26.7 Å². The molecule has 2 rings (SSSR count). The van der Waals surface area contributed by atoms with Crippen LogP contribution in [0.3, 0.4) is 0 Å². The van der Waals surface area contributed by atoms with Crippen molar-refractivity contribution in [1.29, 1.82) is 0 Å². The molecule has 0 bridgehead atoms. The third-order valence-corrected chi connectivity index (χ3v) is 3.12. The van der Waals surface area contributed by atoms with E-state index in [1.165, 1.54) is 0 Å². The van der Waals surface area contributed by atoms with Gasteiger partial charge in [0.25, 0.3) is 5.56 Å². The van der Waals surface area contributed by atoms with Crippen molar-refractivity contribution in [3.05, 3.63) is 34.6 Å². The lowest BCUT2D eigenvalue weighted by atomic mass is 10.2. The van der Waals surface area contributed by atoms with E-state index in [0.29, 0.717) is 24.7 Å². The summed E-state index contributed by atoms with van der Waals surface area (Å²) in [7, 11) is 1.76. The minimum Gasteiger partial charge on any atom is -0.489 e. The van der Waals surface area contributed by atoms with Gasteiger partial charge in [0.1, 0.15) is 0 Å². The van der Waals surface area contributed by atoms with Crippen LogP contribution in [0.2, 0.25) is 0 Å². The zero-order valence-corrected chi connectivity index (χ0v) is 12.3. The third kappa shape index (κ3) is 2.64. The number of aromatic nitrogens is 1. The van der Waals surface area contributed by atoms with Crippen LogP contribution >= 0.6 is 0 Å². The summed E-state index contributed by atoms with van der Waals surface area (Å²) < 4.78 is 13.0. The molecule has 4 nitrogen and oxygen atoms in total. The summed E-state index contributed by atoms with van der Waals surface area (Å²) in [4.78, 5) is 12.4. The van der Waals surface area contributed by atoms with Crippen molar-refractivity contribution in [2.75, 3.05) is 13.2 Å². The summed E-state index contributed by atoms with van der Waals surface area (Å²) in [5.41, 5.74) is 0.704. The first kappa shape index (κ1) is 14.4. The van der Waals surface area contributed by atoms with E-state index in [1.54, 1.807) is 11.6 Å². The number of pyridine rings is 1. The Morgan fingerprint density at radius 1 is 1.00 bits per heavy atom. The molecule has 0 aliphatic carbocycles. The van der Waals surface area contributed by atoms with Crippen LogP contribution in [0.5, 0.6) is 11.5 Å². The van der Waals surface area contributed by atoms with Crippen LogP contribution in [0, 0.1) is 0 Å². The van der Waals surface area contributed by atoms with E-state index in [4.69, 9.17) is 9.47 Å². The molecule has 0 spiro atoms. The lowest BCUT2D eigenvalue weighted by molar-refractivity contribution is 0.266. The molecule has 0 saturated carbocycles. The van der Waals surface area contributed by atoms with E-state index >= 15 is 0 Å². The molecule has 108 valence electrons. The number of nitrogens with zero attached hydrogens (tertiary/aromatic N) is 1. The second kappa shape index (κ2) is 6.46. The molecule has 4 heteroatoms. The smallest absolute Gasteiger partial charge is 0.297 e. The van der Waals surface area contributed by atoms with Crippen molar-refractivity contribution in [3.63, 3.8) is 0 Å². The van der Waals surface area contributed by atoms with Gasteiger partial charge in [-0.1, -0.05) is 26.0 Å². The summed E-state index contributed by atoms with van der Waals surface area (Å²) in [6.07, 6.45) is 1.74. The van der Waals surface area contributed by atoms with E-state index < -0.39 is 0 Å². The first-order chi connectivity index (χ1) is 9.70. The van der Waals surface area contributed by atoms with E-state index in [9.17, 15) is 4.79 Å². The molecule has 2 aromatic rings. The molecule has 20 heavy (non-hydrogen) atoms. The van der Waals surface area contributed by atoms with Crippen LogP contribution in [0.25, 0.3) is 10.9 Å². The third-order valence-electron chi connectivity index (χ3n) is 3.12. The van der Waals surface area contributed by atoms with Gasteiger partial charge >= 0.3 is 0 Å². The molecule has 0 radical (unpaired) electrons. The molecule has 0 amide bonds. The Labute approximate surface area is 118 Å². The largest absolute Gasteiger partial charge is 0.489 e. The monoisotopic (exact) mass is 275 g/mol. The lowest BCUT2D eigenvalue weighted by Crippen LogP contribution is -2.21. The van der Waals surface area contributed by atoms with Crippen LogP contribution in [-0.4, -0.2) is 17.8 Å². The maximum absolute atomic E-state index is 12.4. The Kier molecular flexibility index (Phi) is 4.66. The molecule has 0 atom stereocenters. The van der Waals surface area contributed by atoms with Crippen molar-refractivity contribution in [2.24, 2.45) is 7.05 Å². The fourth-order valence-electron chi connectivity index (χ4n) is 2.12. The van der Waals surface area contributed by atoms with Gasteiger partial charge in [-0.2, -0.15) is 0 Å². The fourth-order valence-corrected chi connectivity index (χ4v) is 2.12. The lowest BCUT2D eigenvalue weighted by Gasteiger charge is -2.16. The molecule has 0 fully saturated rings. The Balaban J connectivity index is 2.66. The first-order valence-corrected chi connectivity index (χ1v) is 7.08. The average Bonchev–Trinajstić information content (AvgIpc) is 2.48. The van der Waals surface area contributed by atoms with Gasteiger partial charge in [-0.25, -0.2) is 0 Å². The quantitative estimate of drug-likeness (QED) is 0.813. The number of hydrogen-bond donors (Lipinski definition) is 0. The highest BCUT2D eigenvalue weighted by Crippen LogP contribution is 2.32. The summed E-state index contributed by atoms with van der Waals surface area (Å²) in [6.45, 7) is 5.13. The SMILES string of the molecule is CCCOc1c(OCCC)c2ccccc2n(C)c1=O. The Bertz CT molecular complexity index is 646. The van der Waals surface area contributed by atoms with Crippen LogP contribution in [0.4, 0.5) is 0 Å². The maximum atomic E-state index is 12.4. The molecule has 0 aliphatic heterocycles. The summed E-state index contributed by atoms with van der Waals surface area (Å²) in [5.74, 6) is 0.889. The van der Waals surface area contributed by atoms with E-state index in [1.807, 2.05) is 38.1 Å². The highest BCUT2D eigenvalue weighted by Gasteiger charge is 2.17. The summed E-state index contributed by atoms with van der Waals surface area (Å²) >= 11 is 0. The number of benzene rings is 1. The van der Waals surface area contributed by atoms with Crippen LogP contribution < -0.4 is 15.0 Å². The standard InChI is InChI=1S/C16H21NO3/c1-4-10-19-14-12-8-6-7-9-13(12)17(3)16(18)15(14)20-11-5-2/h6-9H,4-5,10-11H2,1-3H3. The zero-order valence-electron chi connectivity index (χ0n) is 12.3. The van der Waals surface area contributed by atoms with Crippen molar-refractivity contribution >= 4 is 10.9 Å². The normalized spacial score (nSPS) is 10.8. The van der Waals surface area contributed by atoms with E-state index in [2.05, 4.69) is 0 Å². The second-order valence-corrected chi connectivity index (χ2v) is 4.74. The number of para-hydroxylation sites is 1. The van der Waals surface area contributed by atoms with Crippen molar-refractivity contribution in [3.8, 4) is 11.5 Å². The van der Waals surface area contributed by atoms with Gasteiger partial charge in [-0.15, -0.1) is 0 Å². The number of aryl methyl sites for hydroxylation is 1. The highest BCUT2D eigenvalue weighted by molar-refractivity contribution is 5.87. The van der Waals surface area contributed by atoms with Crippen molar-refractivity contribution < 1.29 is 9.47 Å². The van der Waals surface area contributed by atoms with Gasteiger partial charge in [0.05, 0.1) is 18.7 Å². The number of rotatable bonds is 6. The minimum atomic E-state index is -0.150. The van der Waals surface area contributed by atoms with Gasteiger partial charge in [-0.3, -0.25) is 4.79 Å². The van der Waals surface area contributed by atoms with E-state index in [-0.39, 0.29) is 5.56 Å². The molecule has 0 unspecified atom stereocenters. The minimum absolute atomic E-state index is 0.150. The molecule has 1 heterocycles. The predicted octanol–water partition coefficient (Wildman–Crippen LogP) is 3.12.